The standard InChI is InChI=1S/C16H16O2S/c1-11-9-12(2)16(13(3)10-11)18-15(17)7-6-14-5-4-8-19-14/h4-10H,1-3H3/b7-6+. The Morgan fingerprint density at radius 3 is 2.47 bits per heavy atom. The zero-order valence-electron chi connectivity index (χ0n) is 11.3. The lowest BCUT2D eigenvalue weighted by atomic mass is 10.1. The minimum atomic E-state index is -0.344. The highest BCUT2D eigenvalue weighted by molar-refractivity contribution is 7.10. The van der Waals surface area contributed by atoms with E-state index < -0.39 is 0 Å². The van der Waals surface area contributed by atoms with Gasteiger partial charge in [-0.1, -0.05) is 23.8 Å². The van der Waals surface area contributed by atoms with Crippen LogP contribution in [0.15, 0.2) is 35.7 Å². The monoisotopic (exact) mass is 272 g/mol. The van der Waals surface area contributed by atoms with Gasteiger partial charge in [0.05, 0.1) is 0 Å². The molecular formula is C16H16O2S. The summed E-state index contributed by atoms with van der Waals surface area (Å²) in [6, 6.07) is 7.93. The van der Waals surface area contributed by atoms with E-state index in [2.05, 4.69) is 0 Å². The number of hydrogen-bond donors (Lipinski definition) is 0. The molecule has 1 heterocycles. The van der Waals surface area contributed by atoms with Crippen LogP contribution in [0.4, 0.5) is 0 Å². The third-order valence-electron chi connectivity index (χ3n) is 2.73. The van der Waals surface area contributed by atoms with Crippen LogP contribution < -0.4 is 4.74 Å². The molecule has 1 aromatic heterocycles. The second-order valence-electron chi connectivity index (χ2n) is 4.50. The van der Waals surface area contributed by atoms with Crippen LogP contribution >= 0.6 is 11.3 Å². The number of benzene rings is 1. The number of aryl methyl sites for hydroxylation is 3. The van der Waals surface area contributed by atoms with Crippen LogP contribution in [0, 0.1) is 20.8 Å². The number of thiophene rings is 1. The van der Waals surface area contributed by atoms with Gasteiger partial charge in [0.15, 0.2) is 0 Å². The Kier molecular flexibility index (Phi) is 4.17. The lowest BCUT2D eigenvalue weighted by Crippen LogP contribution is -2.06. The summed E-state index contributed by atoms with van der Waals surface area (Å²) in [6.07, 6.45) is 3.23. The van der Waals surface area contributed by atoms with Crippen LogP contribution in [0.1, 0.15) is 21.6 Å². The fourth-order valence-electron chi connectivity index (χ4n) is 2.00. The van der Waals surface area contributed by atoms with E-state index in [4.69, 9.17) is 4.74 Å². The minimum Gasteiger partial charge on any atom is -0.423 e. The molecule has 0 atom stereocenters. The largest absolute Gasteiger partial charge is 0.423 e. The van der Waals surface area contributed by atoms with Crippen molar-refractivity contribution in [3.63, 3.8) is 0 Å². The van der Waals surface area contributed by atoms with Crippen LogP contribution in [0.25, 0.3) is 6.08 Å². The lowest BCUT2D eigenvalue weighted by Gasteiger charge is -2.10. The molecule has 0 amide bonds. The molecule has 98 valence electrons. The predicted octanol–water partition coefficient (Wildman–Crippen LogP) is 4.29. The average molecular weight is 272 g/mol. The summed E-state index contributed by atoms with van der Waals surface area (Å²) in [5.41, 5.74) is 3.13. The Morgan fingerprint density at radius 2 is 1.89 bits per heavy atom. The zero-order chi connectivity index (χ0) is 13.8. The maximum atomic E-state index is 11.8. The molecule has 2 nitrogen and oxygen atoms in total. The van der Waals surface area contributed by atoms with Gasteiger partial charge in [0.25, 0.3) is 0 Å². The van der Waals surface area contributed by atoms with E-state index >= 15 is 0 Å². The summed E-state index contributed by atoms with van der Waals surface area (Å²) in [5, 5.41) is 1.97. The van der Waals surface area contributed by atoms with Gasteiger partial charge in [-0.3, -0.25) is 0 Å². The molecule has 3 heteroatoms. The maximum absolute atomic E-state index is 11.8. The molecule has 0 saturated heterocycles. The van der Waals surface area contributed by atoms with Crippen molar-refractivity contribution in [2.45, 2.75) is 20.8 Å². The first-order chi connectivity index (χ1) is 9.06. The maximum Gasteiger partial charge on any atom is 0.336 e. The molecule has 19 heavy (non-hydrogen) atoms. The van der Waals surface area contributed by atoms with E-state index in [0.29, 0.717) is 5.75 Å². The predicted molar refractivity (Wildman–Crippen MR) is 79.6 cm³/mol. The van der Waals surface area contributed by atoms with Crippen LogP contribution in [-0.2, 0) is 4.79 Å². The van der Waals surface area contributed by atoms with Crippen LogP contribution in [-0.4, -0.2) is 5.97 Å². The van der Waals surface area contributed by atoms with Gasteiger partial charge >= 0.3 is 5.97 Å². The quantitative estimate of drug-likeness (QED) is 0.473. The van der Waals surface area contributed by atoms with Crippen molar-refractivity contribution in [3.8, 4) is 5.75 Å². The summed E-state index contributed by atoms with van der Waals surface area (Å²) in [7, 11) is 0. The van der Waals surface area contributed by atoms with Gasteiger partial charge in [0, 0.05) is 11.0 Å². The van der Waals surface area contributed by atoms with Gasteiger partial charge in [-0.25, -0.2) is 4.79 Å². The van der Waals surface area contributed by atoms with Gasteiger partial charge in [0.1, 0.15) is 5.75 Å². The highest BCUT2D eigenvalue weighted by Crippen LogP contribution is 2.24. The highest BCUT2D eigenvalue weighted by Gasteiger charge is 2.08. The molecule has 0 aliphatic rings. The van der Waals surface area contributed by atoms with Crippen LogP contribution in [0.2, 0.25) is 0 Å². The molecule has 0 aliphatic carbocycles. The van der Waals surface area contributed by atoms with Gasteiger partial charge < -0.3 is 4.74 Å². The molecule has 0 bridgehead atoms. The fraction of sp³-hybridized carbons (Fsp3) is 0.188. The van der Waals surface area contributed by atoms with E-state index in [0.717, 1.165) is 16.0 Å². The molecule has 0 unspecified atom stereocenters. The second kappa shape index (κ2) is 5.85. The van der Waals surface area contributed by atoms with Crippen LogP contribution in [0.3, 0.4) is 0 Å². The average Bonchev–Trinajstić information content (AvgIpc) is 2.84. The smallest absolute Gasteiger partial charge is 0.336 e. The number of rotatable bonds is 3. The van der Waals surface area contributed by atoms with E-state index in [9.17, 15) is 4.79 Å². The number of carbonyl (C=O) groups is 1. The van der Waals surface area contributed by atoms with Crippen molar-refractivity contribution in [1.82, 2.24) is 0 Å². The lowest BCUT2D eigenvalue weighted by molar-refractivity contribution is -0.129. The second-order valence-corrected chi connectivity index (χ2v) is 5.48. The molecule has 0 fully saturated rings. The molecule has 0 radical (unpaired) electrons. The Labute approximate surface area is 117 Å². The number of hydrogen-bond acceptors (Lipinski definition) is 3. The Bertz CT molecular complexity index is 587. The van der Waals surface area contributed by atoms with Crippen molar-refractivity contribution in [1.29, 1.82) is 0 Å². The molecular weight excluding hydrogens is 256 g/mol. The van der Waals surface area contributed by atoms with Crippen LogP contribution in [0.5, 0.6) is 5.75 Å². The normalized spacial score (nSPS) is 10.9. The summed E-state index contributed by atoms with van der Waals surface area (Å²) in [5.74, 6) is 0.315. The highest BCUT2D eigenvalue weighted by atomic mass is 32.1. The van der Waals surface area contributed by atoms with E-state index in [-0.39, 0.29) is 5.97 Å². The van der Waals surface area contributed by atoms with Crippen molar-refractivity contribution < 1.29 is 9.53 Å². The summed E-state index contributed by atoms with van der Waals surface area (Å²) in [4.78, 5) is 12.8. The summed E-state index contributed by atoms with van der Waals surface area (Å²) in [6.45, 7) is 5.93. The van der Waals surface area contributed by atoms with Crippen molar-refractivity contribution in [2.24, 2.45) is 0 Å². The van der Waals surface area contributed by atoms with Crippen molar-refractivity contribution in [2.75, 3.05) is 0 Å². The van der Waals surface area contributed by atoms with Gasteiger partial charge in [-0.2, -0.15) is 0 Å². The van der Waals surface area contributed by atoms with Gasteiger partial charge in [-0.05, 0) is 49.4 Å². The minimum absolute atomic E-state index is 0.344. The molecule has 1 aromatic carbocycles. The molecule has 2 rings (SSSR count). The Hall–Kier alpha value is -1.87. The van der Waals surface area contributed by atoms with Crippen molar-refractivity contribution in [3.05, 3.63) is 57.3 Å². The zero-order valence-corrected chi connectivity index (χ0v) is 12.1. The Balaban J connectivity index is 2.11. The first-order valence-electron chi connectivity index (χ1n) is 6.07. The van der Waals surface area contributed by atoms with E-state index in [1.807, 2.05) is 50.4 Å². The van der Waals surface area contributed by atoms with E-state index in [1.165, 1.54) is 11.6 Å². The van der Waals surface area contributed by atoms with Gasteiger partial charge in [-0.15, -0.1) is 11.3 Å². The molecule has 0 aliphatic heterocycles. The molecule has 0 N–H and O–H groups in total. The summed E-state index contributed by atoms with van der Waals surface area (Å²) < 4.78 is 5.41. The first kappa shape index (κ1) is 13.6. The SMILES string of the molecule is Cc1cc(C)c(OC(=O)/C=C/c2cccs2)c(C)c1. The topological polar surface area (TPSA) is 26.3 Å². The Morgan fingerprint density at radius 1 is 1.21 bits per heavy atom. The fourth-order valence-corrected chi connectivity index (χ4v) is 2.62. The van der Waals surface area contributed by atoms with Crippen molar-refractivity contribution >= 4 is 23.4 Å². The molecule has 0 saturated carbocycles. The van der Waals surface area contributed by atoms with Gasteiger partial charge in [0.2, 0.25) is 0 Å². The third-order valence-corrected chi connectivity index (χ3v) is 3.57. The van der Waals surface area contributed by atoms with E-state index in [1.54, 1.807) is 17.4 Å². The molecule has 0 spiro atoms. The number of ether oxygens (including phenoxy) is 1. The summed E-state index contributed by atoms with van der Waals surface area (Å²) >= 11 is 1.58. The third kappa shape index (κ3) is 3.55. The number of carbonyl (C=O) groups excluding carboxylic acids is 1. The first-order valence-corrected chi connectivity index (χ1v) is 6.95. The molecule has 2 aromatic rings. The number of esters is 1.